The lowest BCUT2D eigenvalue weighted by Gasteiger charge is -2.38. The van der Waals surface area contributed by atoms with Crippen LogP contribution in [-0.4, -0.2) is 58.9 Å². The van der Waals surface area contributed by atoms with E-state index in [1.165, 1.54) is 0 Å². The standard InChI is InChI=1S/C16H22ClN7/c1-18-16(19-11-15-20-12-21-22(15)2)24-9-7-23(8-10-24)14-6-4-3-5-13(14)17/h3-6,12H,7-11H2,1-2H3,(H,18,19). The number of halogens is 1. The van der Waals surface area contributed by atoms with Crippen LogP contribution in [0, 0.1) is 0 Å². The van der Waals surface area contributed by atoms with Crippen molar-refractivity contribution in [3.63, 3.8) is 0 Å². The average Bonchev–Trinajstić information content (AvgIpc) is 3.02. The summed E-state index contributed by atoms with van der Waals surface area (Å²) in [7, 11) is 3.69. The predicted octanol–water partition coefficient (Wildman–Crippen LogP) is 1.37. The fourth-order valence-corrected chi connectivity index (χ4v) is 3.09. The van der Waals surface area contributed by atoms with Crippen LogP contribution in [0.4, 0.5) is 5.69 Å². The average molecular weight is 348 g/mol. The summed E-state index contributed by atoms with van der Waals surface area (Å²) in [6.45, 7) is 4.21. The van der Waals surface area contributed by atoms with Crippen LogP contribution >= 0.6 is 11.6 Å². The van der Waals surface area contributed by atoms with Crippen molar-refractivity contribution in [1.29, 1.82) is 0 Å². The molecule has 0 radical (unpaired) electrons. The van der Waals surface area contributed by atoms with Gasteiger partial charge in [0, 0.05) is 40.3 Å². The molecule has 1 aromatic heterocycles. The second-order valence-corrected chi connectivity index (χ2v) is 6.03. The molecule has 0 amide bonds. The molecule has 2 aromatic rings. The molecule has 0 unspecified atom stereocenters. The van der Waals surface area contributed by atoms with E-state index in [1.54, 1.807) is 18.1 Å². The van der Waals surface area contributed by atoms with Crippen molar-refractivity contribution in [1.82, 2.24) is 25.0 Å². The zero-order valence-corrected chi connectivity index (χ0v) is 14.7. The molecule has 2 heterocycles. The second kappa shape index (κ2) is 7.53. The van der Waals surface area contributed by atoms with Crippen molar-refractivity contribution < 1.29 is 0 Å². The Bertz CT molecular complexity index is 704. The number of hydrogen-bond donors (Lipinski definition) is 1. The van der Waals surface area contributed by atoms with Crippen LogP contribution in [0.25, 0.3) is 0 Å². The van der Waals surface area contributed by atoms with Gasteiger partial charge in [-0.15, -0.1) is 0 Å². The molecule has 0 atom stereocenters. The molecule has 1 N–H and O–H groups in total. The number of benzene rings is 1. The Labute approximate surface area is 146 Å². The SMILES string of the molecule is CN=C(NCc1ncnn1C)N1CCN(c2ccccc2Cl)CC1. The Kier molecular flexibility index (Phi) is 5.20. The molecule has 0 saturated carbocycles. The molecule has 24 heavy (non-hydrogen) atoms. The van der Waals surface area contributed by atoms with Gasteiger partial charge in [-0.05, 0) is 12.1 Å². The van der Waals surface area contributed by atoms with Crippen molar-refractivity contribution in [3.8, 4) is 0 Å². The zero-order valence-electron chi connectivity index (χ0n) is 14.0. The number of aryl methyl sites for hydroxylation is 1. The predicted molar refractivity (Wildman–Crippen MR) is 96.4 cm³/mol. The highest BCUT2D eigenvalue weighted by atomic mass is 35.5. The Hall–Kier alpha value is -2.28. The Balaban J connectivity index is 1.57. The number of para-hydroxylation sites is 1. The van der Waals surface area contributed by atoms with Gasteiger partial charge in [-0.1, -0.05) is 23.7 Å². The molecule has 1 saturated heterocycles. The normalized spacial score (nSPS) is 15.7. The largest absolute Gasteiger partial charge is 0.367 e. The summed E-state index contributed by atoms with van der Waals surface area (Å²) in [6.07, 6.45) is 1.56. The Morgan fingerprint density at radius 3 is 2.62 bits per heavy atom. The Morgan fingerprint density at radius 1 is 1.25 bits per heavy atom. The first-order valence-electron chi connectivity index (χ1n) is 7.97. The number of aromatic nitrogens is 3. The van der Waals surface area contributed by atoms with E-state index in [1.807, 2.05) is 25.2 Å². The number of hydrogen-bond acceptors (Lipinski definition) is 4. The van der Waals surface area contributed by atoms with E-state index in [9.17, 15) is 0 Å². The van der Waals surface area contributed by atoms with Gasteiger partial charge in [0.25, 0.3) is 0 Å². The van der Waals surface area contributed by atoms with Crippen LogP contribution in [-0.2, 0) is 13.6 Å². The fraction of sp³-hybridized carbons (Fsp3) is 0.438. The lowest BCUT2D eigenvalue weighted by atomic mass is 10.2. The monoisotopic (exact) mass is 347 g/mol. The minimum Gasteiger partial charge on any atom is -0.367 e. The van der Waals surface area contributed by atoms with Gasteiger partial charge < -0.3 is 15.1 Å². The molecule has 1 aliphatic heterocycles. The number of piperazine rings is 1. The number of anilines is 1. The van der Waals surface area contributed by atoms with Gasteiger partial charge in [-0.3, -0.25) is 9.67 Å². The minimum atomic E-state index is 0.605. The van der Waals surface area contributed by atoms with Crippen molar-refractivity contribution in [3.05, 3.63) is 41.4 Å². The maximum Gasteiger partial charge on any atom is 0.194 e. The fourth-order valence-electron chi connectivity index (χ4n) is 2.84. The molecule has 1 fully saturated rings. The number of aliphatic imine (C=N–C) groups is 1. The molecule has 1 aliphatic rings. The summed E-state index contributed by atoms with van der Waals surface area (Å²) in [5.41, 5.74) is 1.10. The molecule has 0 aliphatic carbocycles. The third kappa shape index (κ3) is 3.62. The van der Waals surface area contributed by atoms with Gasteiger partial charge in [-0.2, -0.15) is 5.10 Å². The van der Waals surface area contributed by atoms with E-state index in [4.69, 9.17) is 11.6 Å². The number of nitrogens with one attached hydrogen (secondary N) is 1. The second-order valence-electron chi connectivity index (χ2n) is 5.63. The molecule has 0 bridgehead atoms. The lowest BCUT2D eigenvalue weighted by Crippen LogP contribution is -2.52. The quantitative estimate of drug-likeness (QED) is 0.671. The van der Waals surface area contributed by atoms with Crippen LogP contribution in [0.2, 0.25) is 5.02 Å². The third-order valence-electron chi connectivity index (χ3n) is 4.19. The van der Waals surface area contributed by atoms with E-state index in [2.05, 4.69) is 36.3 Å². The van der Waals surface area contributed by atoms with Gasteiger partial charge in [0.05, 0.1) is 17.3 Å². The Morgan fingerprint density at radius 2 is 2.00 bits per heavy atom. The maximum atomic E-state index is 6.30. The summed E-state index contributed by atoms with van der Waals surface area (Å²) in [5.74, 6) is 1.77. The highest BCUT2D eigenvalue weighted by Gasteiger charge is 2.21. The molecular weight excluding hydrogens is 326 g/mol. The first-order valence-corrected chi connectivity index (χ1v) is 8.35. The van der Waals surface area contributed by atoms with Crippen LogP contribution in [0.3, 0.4) is 0 Å². The number of guanidine groups is 1. The molecule has 7 nitrogen and oxygen atoms in total. The van der Waals surface area contributed by atoms with E-state index < -0.39 is 0 Å². The van der Waals surface area contributed by atoms with E-state index in [-0.39, 0.29) is 0 Å². The number of nitrogens with zero attached hydrogens (tertiary/aromatic N) is 6. The van der Waals surface area contributed by atoms with Gasteiger partial charge in [-0.25, -0.2) is 4.98 Å². The zero-order chi connectivity index (χ0) is 16.9. The summed E-state index contributed by atoms with van der Waals surface area (Å²) in [5, 5.41) is 8.24. The van der Waals surface area contributed by atoms with Crippen molar-refractivity contribution in [2.24, 2.45) is 12.0 Å². The van der Waals surface area contributed by atoms with Crippen molar-refractivity contribution in [2.45, 2.75) is 6.54 Å². The molecule has 0 spiro atoms. The summed E-state index contributed by atoms with van der Waals surface area (Å²) in [4.78, 5) is 13.2. The molecule has 128 valence electrons. The van der Waals surface area contributed by atoms with Crippen LogP contribution < -0.4 is 10.2 Å². The van der Waals surface area contributed by atoms with Gasteiger partial charge in [0.2, 0.25) is 0 Å². The maximum absolute atomic E-state index is 6.30. The van der Waals surface area contributed by atoms with E-state index >= 15 is 0 Å². The highest BCUT2D eigenvalue weighted by molar-refractivity contribution is 6.33. The van der Waals surface area contributed by atoms with Crippen LogP contribution in [0.5, 0.6) is 0 Å². The third-order valence-corrected chi connectivity index (χ3v) is 4.51. The summed E-state index contributed by atoms with van der Waals surface area (Å²) >= 11 is 6.30. The van der Waals surface area contributed by atoms with Gasteiger partial charge in [0.1, 0.15) is 12.2 Å². The minimum absolute atomic E-state index is 0.605. The van der Waals surface area contributed by atoms with Crippen LogP contribution in [0.1, 0.15) is 5.82 Å². The van der Waals surface area contributed by atoms with E-state index in [0.29, 0.717) is 6.54 Å². The first kappa shape index (κ1) is 16.6. The molecular formula is C16H22ClN7. The molecule has 3 rings (SSSR count). The topological polar surface area (TPSA) is 61.6 Å². The van der Waals surface area contributed by atoms with Crippen molar-refractivity contribution >= 4 is 23.2 Å². The lowest BCUT2D eigenvalue weighted by molar-refractivity contribution is 0.371. The van der Waals surface area contributed by atoms with Crippen LogP contribution in [0.15, 0.2) is 35.6 Å². The first-order chi connectivity index (χ1) is 11.7. The summed E-state index contributed by atoms with van der Waals surface area (Å²) in [6, 6.07) is 7.99. The summed E-state index contributed by atoms with van der Waals surface area (Å²) < 4.78 is 1.76. The van der Waals surface area contributed by atoms with Gasteiger partial charge >= 0.3 is 0 Å². The van der Waals surface area contributed by atoms with Gasteiger partial charge in [0.15, 0.2) is 5.96 Å². The smallest absolute Gasteiger partial charge is 0.194 e. The van der Waals surface area contributed by atoms with Crippen molar-refractivity contribution in [2.75, 3.05) is 38.1 Å². The molecule has 1 aromatic carbocycles. The number of rotatable bonds is 3. The van der Waals surface area contributed by atoms with E-state index in [0.717, 1.165) is 48.7 Å². The highest BCUT2D eigenvalue weighted by Crippen LogP contribution is 2.25. The molecule has 8 heteroatoms.